The van der Waals surface area contributed by atoms with E-state index in [4.69, 9.17) is 0 Å². The Labute approximate surface area is 198 Å². The Morgan fingerprint density at radius 2 is 1.66 bits per heavy atom. The van der Waals surface area contributed by atoms with Gasteiger partial charge in [-0.15, -0.1) is 0 Å². The largest absolute Gasteiger partial charge is 0.478 e. The van der Waals surface area contributed by atoms with Crippen LogP contribution in [0.5, 0.6) is 0 Å². The van der Waals surface area contributed by atoms with Gasteiger partial charge in [-0.1, -0.05) is 30.3 Å². The van der Waals surface area contributed by atoms with Crippen molar-refractivity contribution in [2.24, 2.45) is 0 Å². The van der Waals surface area contributed by atoms with Gasteiger partial charge in [0.2, 0.25) is 10.0 Å². The third-order valence-electron chi connectivity index (χ3n) is 5.66. The highest BCUT2D eigenvalue weighted by Gasteiger charge is 2.32. The van der Waals surface area contributed by atoms with Crippen molar-refractivity contribution in [3.05, 3.63) is 94.5 Å². The zero-order valence-corrected chi connectivity index (χ0v) is 18.9. The summed E-state index contributed by atoms with van der Waals surface area (Å²) in [6, 6.07) is 14.6. The van der Waals surface area contributed by atoms with Gasteiger partial charge < -0.3 is 10.4 Å². The van der Waals surface area contributed by atoms with Gasteiger partial charge in [-0.2, -0.15) is 17.5 Å². The van der Waals surface area contributed by atoms with E-state index >= 15 is 0 Å². The third kappa shape index (κ3) is 5.05. The molecule has 182 valence electrons. The highest BCUT2D eigenvalue weighted by Crippen LogP contribution is 2.32. The van der Waals surface area contributed by atoms with Crippen molar-refractivity contribution in [1.82, 2.24) is 4.31 Å². The topological polar surface area (TPSA) is 104 Å². The van der Waals surface area contributed by atoms with Gasteiger partial charge in [0.15, 0.2) is 0 Å². The fraction of sp³-hybridized carbons (Fsp3) is 0.167. The van der Waals surface area contributed by atoms with Crippen molar-refractivity contribution in [2.75, 3.05) is 11.9 Å². The average Bonchev–Trinajstić information content (AvgIpc) is 2.83. The Morgan fingerprint density at radius 3 is 2.34 bits per heavy atom. The molecule has 0 bridgehead atoms. The van der Waals surface area contributed by atoms with Crippen LogP contribution in [0.3, 0.4) is 0 Å². The number of alkyl halides is 3. The number of nitrogens with one attached hydrogen (secondary N) is 1. The molecule has 0 fully saturated rings. The third-order valence-corrected chi connectivity index (χ3v) is 7.50. The summed E-state index contributed by atoms with van der Waals surface area (Å²) in [6.45, 7) is 0.450. The van der Waals surface area contributed by atoms with E-state index in [0.717, 1.165) is 23.3 Å². The second kappa shape index (κ2) is 9.16. The van der Waals surface area contributed by atoms with Gasteiger partial charge in [-0.3, -0.25) is 4.79 Å². The number of carboxylic acid groups (broad SMARTS) is 1. The van der Waals surface area contributed by atoms with E-state index < -0.39 is 39.2 Å². The van der Waals surface area contributed by atoms with Crippen LogP contribution in [0.2, 0.25) is 0 Å². The summed E-state index contributed by atoms with van der Waals surface area (Å²) in [5, 5.41) is 11.6. The van der Waals surface area contributed by atoms with Gasteiger partial charge in [-0.05, 0) is 53.9 Å². The molecule has 0 saturated carbocycles. The van der Waals surface area contributed by atoms with Gasteiger partial charge in [0.1, 0.15) is 0 Å². The Morgan fingerprint density at radius 1 is 0.943 bits per heavy atom. The van der Waals surface area contributed by atoms with Crippen molar-refractivity contribution in [2.45, 2.75) is 24.0 Å². The highest BCUT2D eigenvalue weighted by molar-refractivity contribution is 7.89. The summed E-state index contributed by atoms with van der Waals surface area (Å²) >= 11 is 0. The lowest BCUT2D eigenvalue weighted by Gasteiger charge is -2.28. The van der Waals surface area contributed by atoms with Crippen molar-refractivity contribution in [1.29, 1.82) is 0 Å². The van der Waals surface area contributed by atoms with Crippen LogP contribution in [0, 0.1) is 0 Å². The van der Waals surface area contributed by atoms with Crippen LogP contribution < -0.4 is 5.32 Å². The van der Waals surface area contributed by atoms with Crippen molar-refractivity contribution >= 4 is 27.6 Å². The maximum absolute atomic E-state index is 13.2. The van der Waals surface area contributed by atoms with Gasteiger partial charge >= 0.3 is 12.1 Å². The maximum atomic E-state index is 13.2. The van der Waals surface area contributed by atoms with Crippen LogP contribution in [0.15, 0.2) is 71.6 Å². The minimum atomic E-state index is -4.76. The molecule has 1 aliphatic rings. The molecule has 0 spiro atoms. The fourth-order valence-corrected chi connectivity index (χ4v) is 5.29. The second-order valence-electron chi connectivity index (χ2n) is 7.90. The number of hydrogen-bond donors (Lipinski definition) is 2. The fourth-order valence-electron chi connectivity index (χ4n) is 3.82. The first kappa shape index (κ1) is 24.4. The molecule has 0 aromatic heterocycles. The SMILES string of the molecule is O=C(Nc1ccc(C(F)(F)F)cc1C(=O)O)c1cccc(S(=O)(=O)N2CCc3ccccc3C2)c1. The average molecular weight is 504 g/mol. The van der Waals surface area contributed by atoms with E-state index in [2.05, 4.69) is 5.32 Å². The Bertz CT molecular complexity index is 1420. The molecule has 4 rings (SSSR count). The molecule has 0 unspecified atom stereocenters. The number of aromatic carboxylic acids is 1. The molecule has 0 aliphatic carbocycles. The van der Waals surface area contributed by atoms with E-state index in [1.807, 2.05) is 24.3 Å². The van der Waals surface area contributed by atoms with E-state index in [1.165, 1.54) is 22.5 Å². The molecule has 1 aliphatic heterocycles. The van der Waals surface area contributed by atoms with E-state index in [-0.39, 0.29) is 29.2 Å². The van der Waals surface area contributed by atoms with Crippen molar-refractivity contribution in [3.8, 4) is 0 Å². The maximum Gasteiger partial charge on any atom is 0.416 e. The normalized spacial score (nSPS) is 14.3. The summed E-state index contributed by atoms with van der Waals surface area (Å²) in [5.74, 6) is -2.53. The number of sulfonamides is 1. The number of benzene rings is 3. The standard InChI is InChI=1S/C24H19F3N2O5S/c25-24(26,27)18-8-9-21(20(13-18)23(31)32)28-22(30)16-6-3-7-19(12-16)35(33,34)29-11-10-15-4-1-2-5-17(15)14-29/h1-9,12-13H,10-11,14H2,(H,28,30)(H,31,32). The van der Waals surface area contributed by atoms with E-state index in [9.17, 15) is 36.3 Å². The quantitative estimate of drug-likeness (QED) is 0.536. The Balaban J connectivity index is 1.59. The molecular weight excluding hydrogens is 485 g/mol. The predicted octanol–water partition coefficient (Wildman–Crippen LogP) is 4.40. The molecule has 0 atom stereocenters. The lowest BCUT2D eigenvalue weighted by molar-refractivity contribution is -0.137. The first-order valence-electron chi connectivity index (χ1n) is 10.4. The summed E-state index contributed by atoms with van der Waals surface area (Å²) in [7, 11) is -3.94. The summed E-state index contributed by atoms with van der Waals surface area (Å²) in [4.78, 5) is 24.1. The Kier molecular flexibility index (Phi) is 6.39. The lowest BCUT2D eigenvalue weighted by Crippen LogP contribution is -2.36. The number of rotatable bonds is 5. The first-order valence-corrected chi connectivity index (χ1v) is 11.8. The van der Waals surface area contributed by atoms with Crippen molar-refractivity contribution in [3.63, 3.8) is 0 Å². The number of carboxylic acids is 1. The Hall–Kier alpha value is -3.70. The summed E-state index contributed by atoms with van der Waals surface area (Å²) in [6.07, 6.45) is -4.22. The van der Waals surface area contributed by atoms with E-state index in [0.29, 0.717) is 18.6 Å². The number of anilines is 1. The van der Waals surface area contributed by atoms with Crippen LogP contribution >= 0.6 is 0 Å². The molecule has 1 amide bonds. The summed E-state index contributed by atoms with van der Waals surface area (Å²) in [5.41, 5.74) is -0.415. The van der Waals surface area contributed by atoms with E-state index in [1.54, 1.807) is 0 Å². The lowest BCUT2D eigenvalue weighted by atomic mass is 10.0. The molecule has 0 radical (unpaired) electrons. The zero-order chi connectivity index (χ0) is 25.4. The van der Waals surface area contributed by atoms with Crippen LogP contribution in [0.1, 0.15) is 37.4 Å². The van der Waals surface area contributed by atoms with Gasteiger partial charge in [-0.25, -0.2) is 13.2 Å². The zero-order valence-electron chi connectivity index (χ0n) is 18.0. The number of carbonyl (C=O) groups is 2. The van der Waals surface area contributed by atoms with Gasteiger partial charge in [0.25, 0.3) is 5.91 Å². The minimum Gasteiger partial charge on any atom is -0.478 e. The smallest absolute Gasteiger partial charge is 0.416 e. The number of carbonyl (C=O) groups excluding carboxylic acids is 1. The number of amides is 1. The van der Waals surface area contributed by atoms with Crippen LogP contribution in [0.25, 0.3) is 0 Å². The van der Waals surface area contributed by atoms with Crippen LogP contribution in [0.4, 0.5) is 18.9 Å². The molecule has 3 aromatic rings. The number of fused-ring (bicyclic) bond motifs is 1. The second-order valence-corrected chi connectivity index (χ2v) is 9.84. The summed E-state index contributed by atoms with van der Waals surface area (Å²) < 4.78 is 66.6. The van der Waals surface area contributed by atoms with Crippen LogP contribution in [-0.2, 0) is 29.2 Å². The molecule has 7 nitrogen and oxygen atoms in total. The number of hydrogen-bond acceptors (Lipinski definition) is 4. The first-order chi connectivity index (χ1) is 16.5. The van der Waals surface area contributed by atoms with Gasteiger partial charge in [0.05, 0.1) is 21.7 Å². The number of halogens is 3. The predicted molar refractivity (Wildman–Crippen MR) is 121 cm³/mol. The van der Waals surface area contributed by atoms with Gasteiger partial charge in [0, 0.05) is 18.7 Å². The molecule has 3 aromatic carbocycles. The van der Waals surface area contributed by atoms with Crippen LogP contribution in [-0.4, -0.2) is 36.3 Å². The molecule has 11 heteroatoms. The van der Waals surface area contributed by atoms with Crippen molar-refractivity contribution < 1.29 is 36.3 Å². The number of nitrogens with zero attached hydrogens (tertiary/aromatic N) is 1. The molecule has 0 saturated heterocycles. The molecule has 1 heterocycles. The monoisotopic (exact) mass is 504 g/mol. The molecule has 35 heavy (non-hydrogen) atoms. The minimum absolute atomic E-state index is 0.0975. The highest BCUT2D eigenvalue weighted by atomic mass is 32.2. The molecular formula is C24H19F3N2O5S. The molecule has 2 N–H and O–H groups in total.